The molecule has 0 aliphatic carbocycles. The van der Waals surface area contributed by atoms with Crippen molar-refractivity contribution in [2.45, 2.75) is 44.6 Å². The van der Waals surface area contributed by atoms with Gasteiger partial charge in [-0.05, 0) is 60.7 Å². The number of hydrogen-bond acceptors (Lipinski definition) is 7. The number of hydrogen-bond donors (Lipinski definition) is 1. The van der Waals surface area contributed by atoms with Crippen LogP contribution in [0.2, 0.25) is 0 Å². The standard InChI is InChI=1S/C25H29N3O4/c1-29-21-5-6-23-22(12-21)17(8-9-26-23)4-7-25-31-15-20(16-32-25)27-13-19-11-18-3-2-10-30-24(18)14-28-19/h5-6,8-9,11-12,14,20,25,27H,2-4,7,10,13,15-16H2,1H3. The van der Waals surface area contributed by atoms with Gasteiger partial charge in [-0.25, -0.2) is 0 Å². The molecule has 1 saturated heterocycles. The van der Waals surface area contributed by atoms with Gasteiger partial charge in [0.05, 0.1) is 50.4 Å². The second kappa shape index (κ2) is 9.81. The van der Waals surface area contributed by atoms with Crippen molar-refractivity contribution >= 4 is 10.9 Å². The zero-order valence-electron chi connectivity index (χ0n) is 18.4. The number of aromatic nitrogens is 2. The maximum atomic E-state index is 5.98. The molecule has 1 fully saturated rings. The quantitative estimate of drug-likeness (QED) is 0.609. The van der Waals surface area contributed by atoms with Gasteiger partial charge in [-0.3, -0.25) is 9.97 Å². The van der Waals surface area contributed by atoms with Gasteiger partial charge in [0.1, 0.15) is 11.5 Å². The number of ether oxygens (including phenoxy) is 4. The second-order valence-electron chi connectivity index (χ2n) is 8.30. The summed E-state index contributed by atoms with van der Waals surface area (Å²) in [6.07, 6.45) is 7.29. The van der Waals surface area contributed by atoms with Gasteiger partial charge in [0.2, 0.25) is 0 Å². The maximum Gasteiger partial charge on any atom is 0.158 e. The third-order valence-corrected chi connectivity index (χ3v) is 6.08. The van der Waals surface area contributed by atoms with E-state index in [9.17, 15) is 0 Å². The third kappa shape index (κ3) is 4.85. The molecule has 3 aromatic rings. The number of fused-ring (bicyclic) bond motifs is 2. The molecule has 0 unspecified atom stereocenters. The lowest BCUT2D eigenvalue weighted by molar-refractivity contribution is -0.192. The van der Waals surface area contributed by atoms with E-state index >= 15 is 0 Å². The molecule has 0 bridgehead atoms. The minimum absolute atomic E-state index is 0.159. The highest BCUT2D eigenvalue weighted by Gasteiger charge is 2.22. The Morgan fingerprint density at radius 3 is 2.91 bits per heavy atom. The lowest BCUT2D eigenvalue weighted by Crippen LogP contribution is -2.44. The summed E-state index contributed by atoms with van der Waals surface area (Å²) in [6, 6.07) is 10.3. The van der Waals surface area contributed by atoms with Gasteiger partial charge in [0.25, 0.3) is 0 Å². The first-order valence-electron chi connectivity index (χ1n) is 11.3. The molecular formula is C25H29N3O4. The molecule has 2 aliphatic heterocycles. The molecule has 2 aliphatic rings. The van der Waals surface area contributed by atoms with Crippen molar-refractivity contribution in [3.8, 4) is 11.5 Å². The van der Waals surface area contributed by atoms with E-state index < -0.39 is 0 Å². The number of benzene rings is 1. The van der Waals surface area contributed by atoms with Crippen LogP contribution in [-0.4, -0.2) is 49.2 Å². The van der Waals surface area contributed by atoms with Crippen molar-refractivity contribution in [2.24, 2.45) is 0 Å². The SMILES string of the molecule is COc1ccc2nccc(CCC3OCC(NCc4cc5c(cn4)OCCC5)CO3)c2c1. The first kappa shape index (κ1) is 21.1. The van der Waals surface area contributed by atoms with Crippen molar-refractivity contribution in [3.05, 3.63) is 59.5 Å². The number of nitrogens with one attached hydrogen (secondary N) is 1. The van der Waals surface area contributed by atoms with Gasteiger partial charge in [-0.1, -0.05) is 0 Å². The fraction of sp³-hybridized carbons (Fsp3) is 0.440. The first-order chi connectivity index (χ1) is 15.8. The summed E-state index contributed by atoms with van der Waals surface area (Å²) in [5.41, 5.74) is 4.47. The fourth-order valence-electron chi connectivity index (χ4n) is 4.28. The highest BCUT2D eigenvalue weighted by molar-refractivity contribution is 5.83. The van der Waals surface area contributed by atoms with Crippen LogP contribution in [0.3, 0.4) is 0 Å². The Balaban J connectivity index is 1.10. The van der Waals surface area contributed by atoms with E-state index in [2.05, 4.69) is 27.4 Å². The second-order valence-corrected chi connectivity index (χ2v) is 8.30. The first-order valence-corrected chi connectivity index (χ1v) is 11.3. The zero-order chi connectivity index (χ0) is 21.8. The molecule has 2 aromatic heterocycles. The van der Waals surface area contributed by atoms with Gasteiger partial charge in [0, 0.05) is 24.5 Å². The normalized spacial score (nSPS) is 20.5. The zero-order valence-corrected chi connectivity index (χ0v) is 18.4. The molecule has 7 heteroatoms. The van der Waals surface area contributed by atoms with E-state index in [1.54, 1.807) is 7.11 Å². The van der Waals surface area contributed by atoms with E-state index in [0.717, 1.165) is 60.4 Å². The van der Waals surface area contributed by atoms with Crippen LogP contribution in [-0.2, 0) is 28.9 Å². The summed E-state index contributed by atoms with van der Waals surface area (Å²) < 4.78 is 23.0. The van der Waals surface area contributed by atoms with Gasteiger partial charge in [-0.2, -0.15) is 0 Å². The van der Waals surface area contributed by atoms with Crippen LogP contribution in [0, 0.1) is 0 Å². The molecule has 0 atom stereocenters. The van der Waals surface area contributed by atoms with Crippen molar-refractivity contribution < 1.29 is 18.9 Å². The smallest absolute Gasteiger partial charge is 0.158 e. The number of rotatable bonds is 7. The monoisotopic (exact) mass is 435 g/mol. The van der Waals surface area contributed by atoms with Gasteiger partial charge < -0.3 is 24.3 Å². The topological polar surface area (TPSA) is 74.7 Å². The fourth-order valence-corrected chi connectivity index (χ4v) is 4.28. The van der Waals surface area contributed by atoms with E-state index in [4.69, 9.17) is 18.9 Å². The molecule has 7 nitrogen and oxygen atoms in total. The Labute approximate surface area is 188 Å². The van der Waals surface area contributed by atoms with Crippen LogP contribution in [0.1, 0.15) is 29.7 Å². The molecular weight excluding hydrogens is 406 g/mol. The van der Waals surface area contributed by atoms with E-state index in [-0.39, 0.29) is 12.3 Å². The summed E-state index contributed by atoms with van der Waals surface area (Å²) in [5.74, 6) is 1.76. The van der Waals surface area contributed by atoms with Crippen molar-refractivity contribution in [1.29, 1.82) is 0 Å². The molecule has 5 rings (SSSR count). The van der Waals surface area contributed by atoms with Crippen LogP contribution < -0.4 is 14.8 Å². The molecule has 0 spiro atoms. The number of pyridine rings is 2. The molecule has 168 valence electrons. The number of methoxy groups -OCH3 is 1. The number of nitrogens with zero attached hydrogens (tertiary/aromatic N) is 2. The predicted octanol–water partition coefficient (Wildman–Crippen LogP) is 3.43. The third-order valence-electron chi connectivity index (χ3n) is 6.08. The van der Waals surface area contributed by atoms with Gasteiger partial charge >= 0.3 is 0 Å². The largest absolute Gasteiger partial charge is 0.497 e. The Morgan fingerprint density at radius 1 is 1.12 bits per heavy atom. The maximum absolute atomic E-state index is 5.98. The van der Waals surface area contributed by atoms with E-state index in [1.165, 1.54) is 11.1 Å². The minimum Gasteiger partial charge on any atom is -0.497 e. The van der Waals surface area contributed by atoms with Crippen molar-refractivity contribution in [2.75, 3.05) is 26.9 Å². The Hall–Kier alpha value is -2.74. The Morgan fingerprint density at radius 2 is 2.03 bits per heavy atom. The summed E-state index contributed by atoms with van der Waals surface area (Å²) in [7, 11) is 1.68. The Bertz CT molecular complexity index is 1070. The molecule has 1 aromatic carbocycles. The lowest BCUT2D eigenvalue weighted by Gasteiger charge is -2.30. The average molecular weight is 436 g/mol. The summed E-state index contributed by atoms with van der Waals surface area (Å²) in [6.45, 7) is 2.74. The number of aryl methyl sites for hydroxylation is 2. The van der Waals surface area contributed by atoms with Crippen molar-refractivity contribution in [3.63, 3.8) is 0 Å². The molecule has 0 saturated carbocycles. The molecule has 32 heavy (non-hydrogen) atoms. The molecule has 0 amide bonds. The van der Waals surface area contributed by atoms with Crippen LogP contribution in [0.25, 0.3) is 10.9 Å². The van der Waals surface area contributed by atoms with Crippen molar-refractivity contribution in [1.82, 2.24) is 15.3 Å². The van der Waals surface area contributed by atoms with Crippen LogP contribution >= 0.6 is 0 Å². The van der Waals surface area contributed by atoms with E-state index in [0.29, 0.717) is 19.8 Å². The van der Waals surface area contributed by atoms with E-state index in [1.807, 2.05) is 30.6 Å². The van der Waals surface area contributed by atoms with Gasteiger partial charge in [-0.15, -0.1) is 0 Å². The highest BCUT2D eigenvalue weighted by atomic mass is 16.7. The molecule has 4 heterocycles. The average Bonchev–Trinajstić information content (AvgIpc) is 2.86. The highest BCUT2D eigenvalue weighted by Crippen LogP contribution is 2.25. The summed E-state index contributed by atoms with van der Waals surface area (Å²) in [4.78, 5) is 8.96. The Kier molecular flexibility index (Phi) is 6.48. The molecule has 1 N–H and O–H groups in total. The van der Waals surface area contributed by atoms with Crippen LogP contribution in [0.5, 0.6) is 11.5 Å². The predicted molar refractivity (Wildman–Crippen MR) is 121 cm³/mol. The molecule has 0 radical (unpaired) electrons. The van der Waals surface area contributed by atoms with Crippen LogP contribution in [0.15, 0.2) is 42.7 Å². The summed E-state index contributed by atoms with van der Waals surface area (Å²) >= 11 is 0. The lowest BCUT2D eigenvalue weighted by atomic mass is 10.0. The van der Waals surface area contributed by atoms with Gasteiger partial charge in [0.15, 0.2) is 6.29 Å². The van der Waals surface area contributed by atoms with Crippen LogP contribution in [0.4, 0.5) is 0 Å². The minimum atomic E-state index is -0.194. The summed E-state index contributed by atoms with van der Waals surface area (Å²) in [5, 5.41) is 4.62.